The van der Waals surface area contributed by atoms with Crippen LogP contribution in [0.25, 0.3) is 0 Å². The van der Waals surface area contributed by atoms with E-state index in [1.54, 1.807) is 6.20 Å². The van der Waals surface area contributed by atoms with E-state index in [2.05, 4.69) is 43.8 Å². The van der Waals surface area contributed by atoms with Crippen LogP contribution in [0, 0.1) is 5.41 Å². The molecule has 90 valence electrons. The molecule has 1 heterocycles. The molecule has 3 heteroatoms. The number of likely N-dealkylation sites (N-methyl/N-ethyl adjacent to an activating group) is 1. The van der Waals surface area contributed by atoms with Gasteiger partial charge < -0.3 is 5.73 Å². The minimum absolute atomic E-state index is 0.200. The van der Waals surface area contributed by atoms with E-state index >= 15 is 0 Å². The smallest absolute Gasteiger partial charge is 0.0312 e. The summed E-state index contributed by atoms with van der Waals surface area (Å²) in [6, 6.07) is 4.45. The molecule has 1 atom stereocenters. The molecular formula is C13H23N3. The molecule has 1 aromatic rings. The van der Waals surface area contributed by atoms with Gasteiger partial charge in [-0.2, -0.15) is 0 Å². The third kappa shape index (κ3) is 3.58. The highest BCUT2D eigenvalue weighted by atomic mass is 15.1. The molecule has 1 rings (SSSR count). The van der Waals surface area contributed by atoms with Gasteiger partial charge in [-0.1, -0.05) is 26.8 Å². The highest BCUT2D eigenvalue weighted by molar-refractivity contribution is 5.08. The summed E-state index contributed by atoms with van der Waals surface area (Å²) in [5.74, 6) is 0. The molecule has 0 saturated heterocycles. The number of hydrogen-bond acceptors (Lipinski definition) is 3. The van der Waals surface area contributed by atoms with E-state index < -0.39 is 0 Å². The van der Waals surface area contributed by atoms with Crippen molar-refractivity contribution in [2.45, 2.75) is 33.4 Å². The Balaban J connectivity index is 2.67. The first-order chi connectivity index (χ1) is 7.45. The molecule has 0 aliphatic carbocycles. The number of aromatic nitrogens is 1. The Hall–Kier alpha value is -0.930. The van der Waals surface area contributed by atoms with Gasteiger partial charge in [0, 0.05) is 31.5 Å². The lowest BCUT2D eigenvalue weighted by Crippen LogP contribution is -2.46. The minimum Gasteiger partial charge on any atom is -0.329 e. The fourth-order valence-electron chi connectivity index (χ4n) is 2.08. The molecule has 0 amide bonds. The summed E-state index contributed by atoms with van der Waals surface area (Å²) >= 11 is 0. The maximum absolute atomic E-state index is 5.86. The third-order valence-corrected chi connectivity index (χ3v) is 2.91. The van der Waals surface area contributed by atoms with Gasteiger partial charge >= 0.3 is 0 Å². The summed E-state index contributed by atoms with van der Waals surface area (Å²) in [6.45, 7) is 8.26. The zero-order valence-electron chi connectivity index (χ0n) is 10.8. The molecule has 0 aliphatic heterocycles. The lowest BCUT2D eigenvalue weighted by atomic mass is 9.85. The molecule has 0 saturated carbocycles. The van der Waals surface area contributed by atoms with Crippen LogP contribution in [0.2, 0.25) is 0 Å². The second-order valence-electron chi connectivity index (χ2n) is 5.39. The van der Waals surface area contributed by atoms with E-state index in [4.69, 9.17) is 5.73 Å². The van der Waals surface area contributed by atoms with E-state index in [-0.39, 0.29) is 5.41 Å². The van der Waals surface area contributed by atoms with Gasteiger partial charge in [0.15, 0.2) is 0 Å². The van der Waals surface area contributed by atoms with Gasteiger partial charge in [0.25, 0.3) is 0 Å². The first-order valence-electron chi connectivity index (χ1n) is 5.74. The third-order valence-electron chi connectivity index (χ3n) is 2.91. The Labute approximate surface area is 98.7 Å². The molecular weight excluding hydrogens is 198 g/mol. The average Bonchev–Trinajstić information content (AvgIpc) is 2.17. The summed E-state index contributed by atoms with van der Waals surface area (Å²) in [6.07, 6.45) is 3.71. The molecule has 0 aliphatic rings. The summed E-state index contributed by atoms with van der Waals surface area (Å²) in [4.78, 5) is 6.43. The molecule has 0 radical (unpaired) electrons. The fourth-order valence-corrected chi connectivity index (χ4v) is 2.08. The van der Waals surface area contributed by atoms with Crippen LogP contribution < -0.4 is 5.73 Å². The molecule has 1 unspecified atom stereocenters. The SMILES string of the molecule is CN(Cc1cccnc1)C(CN)C(C)(C)C. The molecule has 0 spiro atoms. The van der Waals surface area contributed by atoms with Crippen molar-refractivity contribution in [3.63, 3.8) is 0 Å². The molecule has 2 N–H and O–H groups in total. The van der Waals surface area contributed by atoms with Crippen LogP contribution in [0.4, 0.5) is 0 Å². The van der Waals surface area contributed by atoms with E-state index in [0.717, 1.165) is 6.54 Å². The monoisotopic (exact) mass is 221 g/mol. The second-order valence-corrected chi connectivity index (χ2v) is 5.39. The van der Waals surface area contributed by atoms with Crippen molar-refractivity contribution >= 4 is 0 Å². The quantitative estimate of drug-likeness (QED) is 0.844. The van der Waals surface area contributed by atoms with Crippen LogP contribution in [-0.2, 0) is 6.54 Å². The topological polar surface area (TPSA) is 42.2 Å². The van der Waals surface area contributed by atoms with Crippen LogP contribution in [-0.4, -0.2) is 29.5 Å². The van der Waals surface area contributed by atoms with Crippen LogP contribution in [0.15, 0.2) is 24.5 Å². The molecule has 3 nitrogen and oxygen atoms in total. The van der Waals surface area contributed by atoms with Crippen molar-refractivity contribution in [2.75, 3.05) is 13.6 Å². The van der Waals surface area contributed by atoms with Crippen molar-refractivity contribution in [3.8, 4) is 0 Å². The summed E-state index contributed by atoms with van der Waals surface area (Å²) in [5.41, 5.74) is 7.29. The van der Waals surface area contributed by atoms with Crippen molar-refractivity contribution in [2.24, 2.45) is 11.1 Å². The maximum atomic E-state index is 5.86. The van der Waals surface area contributed by atoms with E-state index in [1.807, 2.05) is 12.3 Å². The standard InChI is InChI=1S/C13H23N3/c1-13(2,3)12(8-14)16(4)10-11-6-5-7-15-9-11/h5-7,9,12H,8,10,14H2,1-4H3. The maximum Gasteiger partial charge on any atom is 0.0312 e. The summed E-state index contributed by atoms with van der Waals surface area (Å²) in [5, 5.41) is 0. The zero-order chi connectivity index (χ0) is 12.2. The second kappa shape index (κ2) is 5.41. The van der Waals surface area contributed by atoms with Crippen molar-refractivity contribution in [3.05, 3.63) is 30.1 Å². The Bertz CT molecular complexity index is 303. The minimum atomic E-state index is 0.200. The van der Waals surface area contributed by atoms with E-state index in [0.29, 0.717) is 12.6 Å². The highest BCUT2D eigenvalue weighted by Gasteiger charge is 2.26. The normalized spacial score (nSPS) is 14.1. The Morgan fingerprint density at radius 1 is 1.44 bits per heavy atom. The lowest BCUT2D eigenvalue weighted by molar-refractivity contribution is 0.125. The predicted molar refractivity (Wildman–Crippen MR) is 68.0 cm³/mol. The number of pyridine rings is 1. The molecule has 0 fully saturated rings. The van der Waals surface area contributed by atoms with Crippen LogP contribution in [0.5, 0.6) is 0 Å². The molecule has 1 aromatic heterocycles. The van der Waals surface area contributed by atoms with Gasteiger partial charge in [-0.05, 0) is 24.1 Å². The van der Waals surface area contributed by atoms with E-state index in [9.17, 15) is 0 Å². The van der Waals surface area contributed by atoms with Gasteiger partial charge in [-0.15, -0.1) is 0 Å². The Morgan fingerprint density at radius 3 is 2.56 bits per heavy atom. The number of rotatable bonds is 4. The van der Waals surface area contributed by atoms with Crippen LogP contribution in [0.1, 0.15) is 26.3 Å². The molecule has 0 bridgehead atoms. The molecule has 0 aromatic carbocycles. The van der Waals surface area contributed by atoms with Crippen molar-refractivity contribution in [1.29, 1.82) is 0 Å². The largest absolute Gasteiger partial charge is 0.329 e. The highest BCUT2D eigenvalue weighted by Crippen LogP contribution is 2.23. The summed E-state index contributed by atoms with van der Waals surface area (Å²) < 4.78 is 0. The Kier molecular flexibility index (Phi) is 4.44. The van der Waals surface area contributed by atoms with Gasteiger partial charge in [0.05, 0.1) is 0 Å². The Morgan fingerprint density at radius 2 is 2.12 bits per heavy atom. The first-order valence-corrected chi connectivity index (χ1v) is 5.74. The summed E-state index contributed by atoms with van der Waals surface area (Å²) in [7, 11) is 2.12. The van der Waals surface area contributed by atoms with Gasteiger partial charge in [0.1, 0.15) is 0 Å². The number of nitrogens with zero attached hydrogens (tertiary/aromatic N) is 2. The van der Waals surface area contributed by atoms with Gasteiger partial charge in [-0.3, -0.25) is 9.88 Å². The van der Waals surface area contributed by atoms with Crippen molar-refractivity contribution in [1.82, 2.24) is 9.88 Å². The predicted octanol–water partition coefficient (Wildman–Crippen LogP) is 1.89. The molecule has 16 heavy (non-hydrogen) atoms. The van der Waals surface area contributed by atoms with Gasteiger partial charge in [-0.25, -0.2) is 0 Å². The first kappa shape index (κ1) is 13.1. The zero-order valence-corrected chi connectivity index (χ0v) is 10.8. The van der Waals surface area contributed by atoms with Crippen molar-refractivity contribution < 1.29 is 0 Å². The fraction of sp³-hybridized carbons (Fsp3) is 0.615. The average molecular weight is 221 g/mol. The number of nitrogens with two attached hydrogens (primary N) is 1. The van der Waals surface area contributed by atoms with Crippen LogP contribution >= 0.6 is 0 Å². The van der Waals surface area contributed by atoms with Crippen LogP contribution in [0.3, 0.4) is 0 Å². The number of hydrogen-bond donors (Lipinski definition) is 1. The van der Waals surface area contributed by atoms with Gasteiger partial charge in [0.2, 0.25) is 0 Å². The lowest BCUT2D eigenvalue weighted by Gasteiger charge is -2.37. The van der Waals surface area contributed by atoms with E-state index in [1.165, 1.54) is 5.56 Å².